The first-order valence-electron chi connectivity index (χ1n) is 47.5. The van der Waals surface area contributed by atoms with Crippen LogP contribution in [0.1, 0.15) is 306 Å². The third-order valence-electron chi connectivity index (χ3n) is 38.8. The van der Waals surface area contributed by atoms with E-state index in [1.165, 1.54) is 69.0 Å². The van der Waals surface area contributed by atoms with E-state index in [-0.39, 0.29) is 79.3 Å². The Hall–Kier alpha value is -6.33. The van der Waals surface area contributed by atoms with Crippen LogP contribution in [-0.4, -0.2) is 120 Å². The van der Waals surface area contributed by atoms with Gasteiger partial charge in [0.1, 0.15) is 18.7 Å². The first kappa shape index (κ1) is 85.8. The summed E-state index contributed by atoms with van der Waals surface area (Å²) < 4.78 is 5.52. The molecule has 19 nitrogen and oxygen atoms in total. The van der Waals surface area contributed by atoms with Crippen molar-refractivity contribution in [1.82, 2.24) is 54.3 Å². The van der Waals surface area contributed by atoms with Gasteiger partial charge in [-0.05, 0) is 367 Å². The Morgan fingerprint density at radius 1 is 0.442 bits per heavy atom. The molecule has 28 atom stereocenters. The lowest BCUT2D eigenvalue weighted by molar-refractivity contribution is -0.129. The largest absolute Gasteiger partial charge is 0.390 e. The zero-order valence-corrected chi connectivity index (χ0v) is 75.4. The third-order valence-corrected chi connectivity index (χ3v) is 38.8. The summed E-state index contributed by atoms with van der Waals surface area (Å²) in [5.74, 6) is 13.2. The van der Waals surface area contributed by atoms with E-state index in [0.717, 1.165) is 153 Å². The van der Waals surface area contributed by atoms with E-state index in [4.69, 9.17) is 6.42 Å². The van der Waals surface area contributed by atoms with Gasteiger partial charge >= 0.3 is 0 Å². The van der Waals surface area contributed by atoms with E-state index >= 15 is 0 Å². The summed E-state index contributed by atoms with van der Waals surface area (Å²) >= 11 is 0. The topological polar surface area (TPSA) is 259 Å². The minimum absolute atomic E-state index is 0.0459. The number of carbonyl (C=O) groups excluding carboxylic acids is 4. The summed E-state index contributed by atoms with van der Waals surface area (Å²) in [6, 6.07) is 0. The van der Waals surface area contributed by atoms with Gasteiger partial charge in [-0.2, -0.15) is 9.90 Å². The van der Waals surface area contributed by atoms with Gasteiger partial charge in [0.05, 0.1) is 60.1 Å². The number of hydrogen-bond acceptors (Lipinski definition) is 15. The highest BCUT2D eigenvalue weighted by Crippen LogP contribution is 2.72. The number of nitrogens with zero attached hydrogens (tertiary/aromatic N) is 11. The van der Waals surface area contributed by atoms with Gasteiger partial charge in [-0.1, -0.05) is 108 Å². The van der Waals surface area contributed by atoms with E-state index in [0.29, 0.717) is 114 Å². The second-order valence-electron chi connectivity index (χ2n) is 46.0. The van der Waals surface area contributed by atoms with E-state index in [9.17, 15) is 39.6 Å². The Kier molecular flexibility index (Phi) is 22.2. The van der Waals surface area contributed by atoms with E-state index in [1.54, 1.807) is 65.1 Å². The van der Waals surface area contributed by atoms with Crippen LogP contribution in [0.25, 0.3) is 0 Å². The number of terminal acetylenes is 1. The molecule has 4 heterocycles. The Morgan fingerprint density at radius 3 is 1.12 bits per heavy atom. The van der Waals surface area contributed by atoms with Crippen molar-refractivity contribution >= 4 is 23.1 Å². The molecule has 0 aromatic carbocycles. The van der Waals surface area contributed by atoms with Crippen LogP contribution in [0, 0.1) is 164 Å². The molecule has 16 aliphatic carbocycles. The number of hydrogen-bond donors (Lipinski definition) is 4. The zero-order chi connectivity index (χ0) is 85.1. The van der Waals surface area contributed by atoms with Gasteiger partial charge in [-0.15, -0.1) is 26.8 Å². The lowest BCUT2D eigenvalue weighted by Gasteiger charge is -2.58. The van der Waals surface area contributed by atoms with Crippen molar-refractivity contribution in [3.8, 4) is 12.3 Å². The number of tetrazole rings is 1. The van der Waals surface area contributed by atoms with Crippen LogP contribution < -0.4 is 0 Å². The van der Waals surface area contributed by atoms with Gasteiger partial charge in [0.2, 0.25) is 0 Å². The molecule has 0 aliphatic heterocycles. The lowest BCUT2D eigenvalue weighted by atomic mass is 9.47. The van der Waals surface area contributed by atoms with Crippen LogP contribution in [-0.2, 0) is 45.4 Å². The fraction of sp³-hybridized carbons (Fsp3) is 0.772. The van der Waals surface area contributed by atoms with Crippen LogP contribution in [0.3, 0.4) is 0 Å². The molecular formula is C101H145N11O8. The van der Waals surface area contributed by atoms with Gasteiger partial charge in [0.25, 0.3) is 0 Å². The van der Waals surface area contributed by atoms with Crippen molar-refractivity contribution in [3.05, 3.63) is 101 Å². The predicted octanol–water partition coefficient (Wildman–Crippen LogP) is 17.9. The minimum Gasteiger partial charge on any atom is -0.390 e. The van der Waals surface area contributed by atoms with Crippen LogP contribution in [0.4, 0.5) is 0 Å². The molecule has 12 saturated carbocycles. The average molecular weight is 1640 g/mol. The molecule has 12 fully saturated rings. The molecule has 0 amide bonds. The maximum Gasteiger partial charge on any atom is 0.171 e. The molecule has 0 saturated heterocycles. The quantitative estimate of drug-likeness (QED) is 0.0759. The van der Waals surface area contributed by atoms with Gasteiger partial charge in [0.15, 0.2) is 29.0 Å². The molecule has 0 radical (unpaired) electrons. The summed E-state index contributed by atoms with van der Waals surface area (Å²) in [5.41, 5.74) is 6.69. The fourth-order valence-corrected chi connectivity index (χ4v) is 31.8. The molecule has 4 aromatic heterocycles. The van der Waals surface area contributed by atoms with Crippen molar-refractivity contribution in [2.24, 2.45) is 138 Å². The summed E-state index contributed by atoms with van der Waals surface area (Å²) in [5, 5.41) is 67.1. The number of carbonyl (C=O) groups is 4. The van der Waals surface area contributed by atoms with Crippen molar-refractivity contribution in [2.45, 2.75) is 351 Å². The molecule has 652 valence electrons. The second-order valence-corrected chi connectivity index (χ2v) is 46.0. The number of Topliss-reactive ketones (excluding diaryl/α,β-unsaturated/α-hetero) is 4. The maximum atomic E-state index is 13.3. The molecule has 20 rings (SSSR count). The zero-order valence-electron chi connectivity index (χ0n) is 75.4. The highest BCUT2D eigenvalue weighted by atomic mass is 16.3. The molecule has 0 unspecified atom stereocenters. The van der Waals surface area contributed by atoms with Gasteiger partial charge in [0, 0.05) is 42.3 Å². The number of aromatic nitrogens is 11. The van der Waals surface area contributed by atoms with Gasteiger partial charge < -0.3 is 29.6 Å². The summed E-state index contributed by atoms with van der Waals surface area (Å²) in [7, 11) is 0. The SMILES string of the molecule is C#Cc1cnn(CC(=O)[C@H]2CC[C@H]3[C@@H]4CC[C@@H]5C[C@](C)(O)CC[C@]5(C)C4=CC[C@]23C)c1.C[C@@]1(O)CC[C@]2(C)C3=CC[C@]4(C)[C@@H](C(=O)Cn5ccnc5)CC[C@H]4[C@@H]3CC[C@@H]2C1.Cc1nncn1CC(=O)[C@H]1CC[C@H]2[C@@H]3CC[C@@H]4C[C@](C)(O)CC[C@]4(C)C3=CC[C@]12C.Cc1nnn(CC(=O)[C@H]2CC[C@H]3[C@@H]4CC[C@@H]5C[C@](C)(O)CC[C@]5(C)C4=CC[C@]23C)n1. The highest BCUT2D eigenvalue weighted by Gasteiger charge is 2.65. The Labute approximate surface area is 715 Å². The van der Waals surface area contributed by atoms with E-state index in [1.807, 2.05) is 49.9 Å². The molecular weight excluding hydrogens is 1500 g/mol. The molecule has 0 bridgehead atoms. The smallest absolute Gasteiger partial charge is 0.171 e. The number of rotatable bonds is 12. The van der Waals surface area contributed by atoms with Crippen molar-refractivity contribution in [1.29, 1.82) is 0 Å². The van der Waals surface area contributed by atoms with Crippen molar-refractivity contribution < 1.29 is 39.6 Å². The Balaban J connectivity index is 0.000000114. The molecule has 16 aliphatic rings. The molecule has 4 N–H and O–H groups in total. The number of aliphatic hydroxyl groups is 4. The minimum atomic E-state index is -0.503. The molecule has 120 heavy (non-hydrogen) atoms. The second kappa shape index (κ2) is 31.1. The van der Waals surface area contributed by atoms with Crippen molar-refractivity contribution in [2.75, 3.05) is 0 Å². The van der Waals surface area contributed by atoms with E-state index < -0.39 is 22.4 Å². The standard InChI is InChI=1S/C27H36N2O2.C25H37N3O2.C25H36N2O2.C24H36N4O2/c1-5-18-15-28-29(16-18)17-24(30)23-9-8-21-20-7-6-19-14-25(2,31)12-13-26(19,3)22(20)10-11-27(21,23)4;1-16-27-26-15-28(16)14-22(29)21-8-7-19-18-6-5-17-13-23(2,30)11-12-24(17,3)20(18)9-10-25(19,21)4;1-23(29)10-11-24(2)17(14-23)4-5-18-19-6-7-21(25(19,3)9-8-20(18)24)22(28)15-27-13-12-26-16-27;1-15-25-27-28(26-15)14-21(29)20-8-7-18-17-6-5-16-13-22(2,30)11-12-23(16,3)19(17)9-10-24(18,20)4/h1,10,15-16,19-21,23,31H,6-9,11-14,17H2,2-4H3;9,15,17-19,21,30H,5-8,10-14H2,1-4H3;8,12-13,16-19,21,29H,4-7,9-11,14-15H2,1-3H3;9,16-18,20,30H,5-8,10-14H2,1-4H3/t19-,20+,21+,23-,25-,26+,27+;2*17-,18+,19+,21-,23-,24+,25+;16-,17+,18+,20-,22-,23+,24+/m1111/s1. The Morgan fingerprint density at radius 2 is 0.800 bits per heavy atom. The first-order valence-corrected chi connectivity index (χ1v) is 47.5. The molecule has 4 aromatic rings. The number of fused-ring (bicyclic) bond motifs is 20. The highest BCUT2D eigenvalue weighted by molar-refractivity contribution is 5.84. The van der Waals surface area contributed by atoms with Crippen LogP contribution >= 0.6 is 0 Å². The first-order chi connectivity index (χ1) is 56.7. The lowest BCUT2D eigenvalue weighted by Crippen LogP contribution is -2.51. The summed E-state index contributed by atoms with van der Waals surface area (Å²) in [4.78, 5) is 58.6. The third kappa shape index (κ3) is 14.9. The monoisotopic (exact) mass is 1640 g/mol. The Bertz CT molecular complexity index is 4730. The van der Waals surface area contributed by atoms with Gasteiger partial charge in [-0.3, -0.25) is 23.9 Å². The average Bonchev–Trinajstić information content (AvgIpc) is 1.38. The molecule has 19 heteroatoms. The fourth-order valence-electron chi connectivity index (χ4n) is 31.8. The number of aryl methyl sites for hydroxylation is 2. The van der Waals surface area contributed by atoms with Crippen LogP contribution in [0.5, 0.6) is 0 Å². The number of allylic oxidation sites excluding steroid dienone is 8. The predicted molar refractivity (Wildman–Crippen MR) is 463 cm³/mol. The van der Waals surface area contributed by atoms with Crippen molar-refractivity contribution in [3.63, 3.8) is 0 Å². The summed E-state index contributed by atoms with van der Waals surface area (Å²) in [6.07, 6.45) is 60.5. The maximum absolute atomic E-state index is 13.3. The number of imidazole rings is 1. The van der Waals surface area contributed by atoms with E-state index in [2.05, 4.69) is 121 Å². The van der Waals surface area contributed by atoms with Crippen LogP contribution in [0.15, 0.2) is 84.0 Å². The summed E-state index contributed by atoms with van der Waals surface area (Å²) in [6.45, 7) is 32.6. The van der Waals surface area contributed by atoms with Crippen LogP contribution in [0.2, 0.25) is 0 Å². The number of ketones is 4. The molecule has 0 spiro atoms. The normalized spacial score (nSPS) is 45.2. The van der Waals surface area contributed by atoms with Gasteiger partial charge in [-0.25, -0.2) is 4.98 Å².